The topological polar surface area (TPSA) is 29.3 Å². The minimum absolute atomic E-state index is 0.471. The van der Waals surface area contributed by atoms with Gasteiger partial charge in [-0.15, -0.1) is 0 Å². The van der Waals surface area contributed by atoms with E-state index in [1.165, 1.54) is 23.2 Å². The van der Waals surface area contributed by atoms with Crippen LogP contribution in [-0.2, 0) is 0 Å². The highest BCUT2D eigenvalue weighted by molar-refractivity contribution is 8.00. The Morgan fingerprint density at radius 2 is 2.05 bits per heavy atom. The Balaban J connectivity index is 2.07. The molecule has 2 aromatic rings. The Kier molecular flexibility index (Phi) is 4.36. The van der Waals surface area contributed by atoms with E-state index in [-0.39, 0.29) is 0 Å². The van der Waals surface area contributed by atoms with Crippen LogP contribution in [0.3, 0.4) is 0 Å². The predicted octanol–water partition coefficient (Wildman–Crippen LogP) is 3.81. The summed E-state index contributed by atoms with van der Waals surface area (Å²) in [5, 5.41) is 3.14. The first kappa shape index (κ1) is 14.7. The van der Waals surface area contributed by atoms with E-state index < -0.39 is 0 Å². The van der Waals surface area contributed by atoms with Crippen molar-refractivity contribution in [2.24, 2.45) is 5.73 Å². The summed E-state index contributed by atoms with van der Waals surface area (Å²) in [4.78, 5) is 2.98. The average molecular weight is 316 g/mol. The van der Waals surface area contributed by atoms with Crippen molar-refractivity contribution < 1.29 is 0 Å². The van der Waals surface area contributed by atoms with Crippen LogP contribution in [-0.4, -0.2) is 29.1 Å². The smallest absolute Gasteiger partial charge is 0.104 e. The number of rotatable bonds is 3. The second-order valence-electron chi connectivity index (χ2n) is 5.39. The highest BCUT2D eigenvalue weighted by Gasteiger charge is 2.21. The standard InChI is InChI=1S/C17H20N2S2/c1-2-12-11-19(9-10-21-12)16-8-7-15(17(18)20)13-5-3-4-6-14(13)16/h3-8,12H,2,9-11H2,1H3,(H2,18,20). The average Bonchev–Trinajstić information content (AvgIpc) is 2.53. The Bertz CT molecular complexity index is 669. The number of nitrogens with zero attached hydrogens (tertiary/aromatic N) is 1. The maximum absolute atomic E-state index is 5.87. The van der Waals surface area contributed by atoms with Crippen LogP contribution < -0.4 is 10.6 Å². The first-order valence-corrected chi connectivity index (χ1v) is 8.84. The zero-order valence-electron chi connectivity index (χ0n) is 12.2. The van der Waals surface area contributed by atoms with Crippen LogP contribution in [0.15, 0.2) is 36.4 Å². The van der Waals surface area contributed by atoms with Gasteiger partial charge in [0, 0.05) is 40.7 Å². The van der Waals surface area contributed by atoms with E-state index in [4.69, 9.17) is 18.0 Å². The molecular formula is C17H20N2S2. The molecule has 4 heteroatoms. The van der Waals surface area contributed by atoms with Gasteiger partial charge in [0.05, 0.1) is 0 Å². The van der Waals surface area contributed by atoms with Gasteiger partial charge in [0.15, 0.2) is 0 Å². The van der Waals surface area contributed by atoms with Gasteiger partial charge >= 0.3 is 0 Å². The second kappa shape index (κ2) is 6.24. The molecule has 0 aromatic heterocycles. The predicted molar refractivity (Wildman–Crippen MR) is 98.6 cm³/mol. The van der Waals surface area contributed by atoms with Gasteiger partial charge in [-0.25, -0.2) is 0 Å². The summed E-state index contributed by atoms with van der Waals surface area (Å²) in [6.45, 7) is 4.50. The summed E-state index contributed by atoms with van der Waals surface area (Å²) < 4.78 is 0. The van der Waals surface area contributed by atoms with Crippen molar-refractivity contribution in [3.63, 3.8) is 0 Å². The molecule has 1 heterocycles. The Morgan fingerprint density at radius 3 is 2.76 bits per heavy atom. The fraction of sp³-hybridized carbons (Fsp3) is 0.353. The number of fused-ring (bicyclic) bond motifs is 1. The van der Waals surface area contributed by atoms with Gasteiger partial charge in [0.1, 0.15) is 4.99 Å². The SMILES string of the molecule is CCC1CN(c2ccc(C(N)=S)c3ccccc23)CCS1. The first-order chi connectivity index (χ1) is 10.2. The lowest BCUT2D eigenvalue weighted by molar-refractivity contribution is 0.730. The lowest BCUT2D eigenvalue weighted by Gasteiger charge is -2.34. The van der Waals surface area contributed by atoms with Gasteiger partial charge in [-0.2, -0.15) is 11.8 Å². The van der Waals surface area contributed by atoms with Crippen molar-refractivity contribution in [3.8, 4) is 0 Å². The maximum Gasteiger partial charge on any atom is 0.104 e. The van der Waals surface area contributed by atoms with Gasteiger partial charge in [-0.1, -0.05) is 43.4 Å². The van der Waals surface area contributed by atoms with Crippen LogP contribution in [0.2, 0.25) is 0 Å². The van der Waals surface area contributed by atoms with Crippen LogP contribution in [0, 0.1) is 0 Å². The molecule has 2 aromatic carbocycles. The number of anilines is 1. The van der Waals surface area contributed by atoms with Gasteiger partial charge in [-0.3, -0.25) is 0 Å². The van der Waals surface area contributed by atoms with Crippen molar-refractivity contribution in [1.29, 1.82) is 0 Å². The number of hydrogen-bond acceptors (Lipinski definition) is 3. The normalized spacial score (nSPS) is 18.9. The van der Waals surface area contributed by atoms with Gasteiger partial charge in [0.25, 0.3) is 0 Å². The molecule has 1 saturated heterocycles. The number of hydrogen-bond donors (Lipinski definition) is 1. The largest absolute Gasteiger partial charge is 0.389 e. The molecule has 110 valence electrons. The maximum atomic E-state index is 5.87. The van der Waals surface area contributed by atoms with E-state index >= 15 is 0 Å². The summed E-state index contributed by atoms with van der Waals surface area (Å²) in [5.41, 5.74) is 8.15. The van der Waals surface area contributed by atoms with Crippen LogP contribution in [0.1, 0.15) is 18.9 Å². The lowest BCUT2D eigenvalue weighted by atomic mass is 10.0. The van der Waals surface area contributed by atoms with Crippen LogP contribution in [0.4, 0.5) is 5.69 Å². The highest BCUT2D eigenvalue weighted by Crippen LogP contribution is 2.33. The number of thioether (sulfide) groups is 1. The van der Waals surface area contributed by atoms with Crippen LogP contribution in [0.25, 0.3) is 10.8 Å². The van der Waals surface area contributed by atoms with E-state index in [0.717, 1.165) is 29.3 Å². The Hall–Kier alpha value is -1.26. The van der Waals surface area contributed by atoms with Crippen LogP contribution in [0.5, 0.6) is 0 Å². The molecule has 1 fully saturated rings. The second-order valence-corrected chi connectivity index (χ2v) is 7.24. The van der Waals surface area contributed by atoms with E-state index in [1.807, 2.05) is 0 Å². The molecule has 0 radical (unpaired) electrons. The zero-order valence-corrected chi connectivity index (χ0v) is 13.8. The van der Waals surface area contributed by atoms with Crippen molar-refractivity contribution in [3.05, 3.63) is 42.0 Å². The van der Waals surface area contributed by atoms with E-state index in [0.29, 0.717) is 4.99 Å². The number of benzene rings is 2. The number of nitrogens with two attached hydrogens (primary N) is 1. The van der Waals surface area contributed by atoms with Crippen molar-refractivity contribution in [2.45, 2.75) is 18.6 Å². The van der Waals surface area contributed by atoms with Crippen LogP contribution >= 0.6 is 24.0 Å². The quantitative estimate of drug-likeness (QED) is 0.872. The molecular weight excluding hydrogens is 296 g/mol. The minimum atomic E-state index is 0.471. The highest BCUT2D eigenvalue weighted by atomic mass is 32.2. The van der Waals surface area contributed by atoms with Gasteiger partial charge < -0.3 is 10.6 Å². The fourth-order valence-corrected chi connectivity index (χ4v) is 4.32. The summed E-state index contributed by atoms with van der Waals surface area (Å²) in [6.07, 6.45) is 1.23. The molecule has 1 aliphatic rings. The van der Waals surface area contributed by atoms with E-state index in [2.05, 4.69) is 60.0 Å². The van der Waals surface area contributed by atoms with Gasteiger partial charge in [0.2, 0.25) is 0 Å². The zero-order chi connectivity index (χ0) is 14.8. The van der Waals surface area contributed by atoms with Crippen molar-refractivity contribution in [1.82, 2.24) is 0 Å². The third kappa shape index (κ3) is 2.87. The molecule has 0 aliphatic carbocycles. The minimum Gasteiger partial charge on any atom is -0.389 e. The summed E-state index contributed by atoms with van der Waals surface area (Å²) in [6, 6.07) is 12.7. The monoisotopic (exact) mass is 316 g/mol. The molecule has 2 N–H and O–H groups in total. The molecule has 2 nitrogen and oxygen atoms in total. The number of thiocarbonyl (C=S) groups is 1. The summed E-state index contributed by atoms with van der Waals surface area (Å²) in [5.74, 6) is 1.20. The molecule has 3 rings (SSSR count). The first-order valence-electron chi connectivity index (χ1n) is 7.38. The van der Waals surface area contributed by atoms with Gasteiger partial charge in [-0.05, 0) is 23.9 Å². The third-order valence-electron chi connectivity index (χ3n) is 4.10. The molecule has 1 unspecified atom stereocenters. The van der Waals surface area contributed by atoms with Crippen molar-refractivity contribution >= 4 is 45.4 Å². The van der Waals surface area contributed by atoms with Crippen molar-refractivity contribution in [2.75, 3.05) is 23.7 Å². The summed E-state index contributed by atoms with van der Waals surface area (Å²) >= 11 is 7.28. The molecule has 1 atom stereocenters. The Morgan fingerprint density at radius 1 is 1.29 bits per heavy atom. The van der Waals surface area contributed by atoms with E-state index in [9.17, 15) is 0 Å². The Labute approximate surface area is 135 Å². The molecule has 21 heavy (non-hydrogen) atoms. The molecule has 0 spiro atoms. The lowest BCUT2D eigenvalue weighted by Crippen LogP contribution is -2.37. The van der Waals surface area contributed by atoms with E-state index in [1.54, 1.807) is 0 Å². The molecule has 0 bridgehead atoms. The third-order valence-corrected chi connectivity index (χ3v) is 5.69. The molecule has 1 aliphatic heterocycles. The molecule has 0 saturated carbocycles. The summed E-state index contributed by atoms with van der Waals surface area (Å²) in [7, 11) is 0. The molecule has 0 amide bonds. The fourth-order valence-electron chi connectivity index (χ4n) is 2.96.